The summed E-state index contributed by atoms with van der Waals surface area (Å²) in [5, 5.41) is 7.85. The second-order valence-electron chi connectivity index (χ2n) is 4.51. The molecule has 2 aromatic rings. The SMILES string of the molecule is CSCCCCNCc1cnn(-c2ccccc2)c1. The van der Waals surface area contributed by atoms with Gasteiger partial charge in [-0.3, -0.25) is 0 Å². The van der Waals surface area contributed by atoms with Crippen LogP contribution in [0.5, 0.6) is 0 Å². The van der Waals surface area contributed by atoms with Crippen molar-refractivity contribution in [1.82, 2.24) is 15.1 Å². The number of hydrogen-bond donors (Lipinski definition) is 1. The number of thioether (sulfide) groups is 1. The molecule has 1 aromatic heterocycles. The first-order valence-corrected chi connectivity index (χ1v) is 8.08. The summed E-state index contributed by atoms with van der Waals surface area (Å²) in [7, 11) is 0. The van der Waals surface area contributed by atoms with E-state index in [1.54, 1.807) is 0 Å². The lowest BCUT2D eigenvalue weighted by atomic mass is 10.3. The van der Waals surface area contributed by atoms with Gasteiger partial charge in [0, 0.05) is 18.3 Å². The highest BCUT2D eigenvalue weighted by atomic mass is 32.2. The molecule has 0 aliphatic rings. The van der Waals surface area contributed by atoms with Crippen molar-refractivity contribution >= 4 is 11.8 Å². The van der Waals surface area contributed by atoms with E-state index >= 15 is 0 Å². The van der Waals surface area contributed by atoms with Gasteiger partial charge in [-0.25, -0.2) is 4.68 Å². The standard InChI is InChI=1S/C15H21N3S/c1-19-10-6-5-9-16-11-14-12-17-18(13-14)15-7-3-2-4-8-15/h2-4,7-8,12-13,16H,5-6,9-11H2,1H3. The zero-order chi connectivity index (χ0) is 13.3. The Morgan fingerprint density at radius 1 is 1.21 bits per heavy atom. The molecule has 1 N–H and O–H groups in total. The van der Waals surface area contributed by atoms with Crippen LogP contribution >= 0.6 is 11.8 Å². The van der Waals surface area contributed by atoms with Gasteiger partial charge in [-0.1, -0.05) is 18.2 Å². The van der Waals surface area contributed by atoms with Crippen LogP contribution in [0.25, 0.3) is 5.69 Å². The van der Waals surface area contributed by atoms with Crippen LogP contribution in [0.1, 0.15) is 18.4 Å². The predicted octanol–water partition coefficient (Wildman–Crippen LogP) is 3.11. The molecule has 1 heterocycles. The van der Waals surface area contributed by atoms with Crippen molar-refractivity contribution in [2.45, 2.75) is 19.4 Å². The maximum Gasteiger partial charge on any atom is 0.0645 e. The number of unbranched alkanes of at least 4 members (excludes halogenated alkanes) is 1. The molecule has 0 atom stereocenters. The molecule has 0 spiro atoms. The van der Waals surface area contributed by atoms with Crippen LogP contribution in [0.15, 0.2) is 42.7 Å². The van der Waals surface area contributed by atoms with Gasteiger partial charge in [0.1, 0.15) is 0 Å². The average Bonchev–Trinajstić information content (AvgIpc) is 2.92. The lowest BCUT2D eigenvalue weighted by molar-refractivity contribution is 0.644. The van der Waals surface area contributed by atoms with E-state index in [-0.39, 0.29) is 0 Å². The van der Waals surface area contributed by atoms with Crippen LogP contribution in [-0.4, -0.2) is 28.3 Å². The topological polar surface area (TPSA) is 29.9 Å². The normalized spacial score (nSPS) is 10.8. The Hall–Kier alpha value is -1.26. The minimum atomic E-state index is 0.895. The molecular formula is C15H21N3S. The Bertz CT molecular complexity index is 467. The summed E-state index contributed by atoms with van der Waals surface area (Å²) in [5.41, 5.74) is 2.34. The summed E-state index contributed by atoms with van der Waals surface area (Å²) < 4.78 is 1.92. The summed E-state index contributed by atoms with van der Waals surface area (Å²) in [5.74, 6) is 1.26. The van der Waals surface area contributed by atoms with E-state index in [1.165, 1.54) is 24.2 Å². The van der Waals surface area contributed by atoms with E-state index in [0.717, 1.165) is 18.8 Å². The van der Waals surface area contributed by atoms with Crippen molar-refractivity contribution < 1.29 is 0 Å². The molecule has 0 bridgehead atoms. The predicted molar refractivity (Wildman–Crippen MR) is 82.9 cm³/mol. The third-order valence-corrected chi connectivity index (χ3v) is 3.63. The van der Waals surface area contributed by atoms with Crippen LogP contribution in [-0.2, 0) is 6.54 Å². The second-order valence-corrected chi connectivity index (χ2v) is 5.49. The Balaban J connectivity index is 1.75. The number of para-hydroxylation sites is 1. The Morgan fingerprint density at radius 3 is 2.84 bits per heavy atom. The zero-order valence-electron chi connectivity index (χ0n) is 11.4. The van der Waals surface area contributed by atoms with E-state index in [0.29, 0.717) is 0 Å². The Kier molecular flexibility index (Phi) is 5.98. The van der Waals surface area contributed by atoms with Gasteiger partial charge < -0.3 is 5.32 Å². The van der Waals surface area contributed by atoms with E-state index in [2.05, 4.69) is 35.0 Å². The molecule has 0 radical (unpaired) electrons. The van der Waals surface area contributed by atoms with Crippen LogP contribution in [0.2, 0.25) is 0 Å². The van der Waals surface area contributed by atoms with Crippen molar-refractivity contribution in [2.24, 2.45) is 0 Å². The van der Waals surface area contributed by atoms with Gasteiger partial charge in [0.15, 0.2) is 0 Å². The number of nitrogens with zero attached hydrogens (tertiary/aromatic N) is 2. The van der Waals surface area contributed by atoms with E-state index < -0.39 is 0 Å². The highest BCUT2D eigenvalue weighted by Gasteiger charge is 1.99. The first-order valence-electron chi connectivity index (χ1n) is 6.69. The summed E-state index contributed by atoms with van der Waals surface area (Å²) >= 11 is 1.92. The molecule has 0 amide bonds. The van der Waals surface area contributed by atoms with Crippen LogP contribution < -0.4 is 5.32 Å². The van der Waals surface area contributed by atoms with Gasteiger partial charge in [0.05, 0.1) is 11.9 Å². The lowest BCUT2D eigenvalue weighted by Gasteiger charge is -2.02. The highest BCUT2D eigenvalue weighted by Crippen LogP contribution is 2.07. The third-order valence-electron chi connectivity index (χ3n) is 2.94. The van der Waals surface area contributed by atoms with E-state index in [9.17, 15) is 0 Å². The molecular weight excluding hydrogens is 254 g/mol. The van der Waals surface area contributed by atoms with Crippen molar-refractivity contribution in [1.29, 1.82) is 0 Å². The van der Waals surface area contributed by atoms with Gasteiger partial charge >= 0.3 is 0 Å². The van der Waals surface area contributed by atoms with Crippen molar-refractivity contribution in [3.63, 3.8) is 0 Å². The van der Waals surface area contributed by atoms with Crippen molar-refractivity contribution in [3.05, 3.63) is 48.3 Å². The van der Waals surface area contributed by atoms with Gasteiger partial charge in [-0.2, -0.15) is 16.9 Å². The van der Waals surface area contributed by atoms with Crippen LogP contribution in [0.3, 0.4) is 0 Å². The first-order chi connectivity index (χ1) is 9.40. The molecule has 1 aromatic carbocycles. The molecule has 4 heteroatoms. The highest BCUT2D eigenvalue weighted by molar-refractivity contribution is 7.98. The quantitative estimate of drug-likeness (QED) is 0.751. The number of hydrogen-bond acceptors (Lipinski definition) is 3. The monoisotopic (exact) mass is 275 g/mol. The Labute approximate surface area is 119 Å². The fourth-order valence-electron chi connectivity index (χ4n) is 1.90. The third kappa shape index (κ3) is 4.73. The smallest absolute Gasteiger partial charge is 0.0645 e. The maximum atomic E-state index is 4.39. The fourth-order valence-corrected chi connectivity index (χ4v) is 2.40. The first kappa shape index (κ1) is 14.2. The number of aromatic nitrogens is 2. The molecule has 2 rings (SSSR count). The molecule has 0 aliphatic heterocycles. The number of benzene rings is 1. The van der Waals surface area contributed by atoms with Crippen LogP contribution in [0.4, 0.5) is 0 Å². The second kappa shape index (κ2) is 8.02. The van der Waals surface area contributed by atoms with Gasteiger partial charge in [0.2, 0.25) is 0 Å². The molecule has 0 saturated carbocycles. The molecule has 3 nitrogen and oxygen atoms in total. The summed E-state index contributed by atoms with van der Waals surface area (Å²) in [6.07, 6.45) is 8.71. The minimum Gasteiger partial charge on any atom is -0.313 e. The van der Waals surface area contributed by atoms with Crippen molar-refractivity contribution in [3.8, 4) is 5.69 Å². The maximum absolute atomic E-state index is 4.39. The summed E-state index contributed by atoms with van der Waals surface area (Å²) in [4.78, 5) is 0. The van der Waals surface area contributed by atoms with Gasteiger partial charge in [-0.15, -0.1) is 0 Å². The summed E-state index contributed by atoms with van der Waals surface area (Å²) in [6, 6.07) is 10.2. The Morgan fingerprint density at radius 2 is 2.05 bits per heavy atom. The zero-order valence-corrected chi connectivity index (χ0v) is 12.2. The fraction of sp³-hybridized carbons (Fsp3) is 0.400. The molecule has 0 aliphatic carbocycles. The van der Waals surface area contributed by atoms with Gasteiger partial charge in [0.25, 0.3) is 0 Å². The molecule has 0 saturated heterocycles. The number of rotatable bonds is 8. The molecule has 19 heavy (non-hydrogen) atoms. The average molecular weight is 275 g/mol. The van der Waals surface area contributed by atoms with E-state index in [1.807, 2.05) is 40.8 Å². The summed E-state index contributed by atoms with van der Waals surface area (Å²) in [6.45, 7) is 1.98. The van der Waals surface area contributed by atoms with E-state index in [4.69, 9.17) is 0 Å². The minimum absolute atomic E-state index is 0.895. The largest absolute Gasteiger partial charge is 0.313 e. The molecule has 0 fully saturated rings. The molecule has 102 valence electrons. The molecule has 0 unspecified atom stereocenters. The van der Waals surface area contributed by atoms with Crippen LogP contribution in [0, 0.1) is 0 Å². The lowest BCUT2D eigenvalue weighted by Crippen LogP contribution is -2.14. The number of nitrogens with one attached hydrogen (secondary N) is 1. The van der Waals surface area contributed by atoms with Gasteiger partial charge in [-0.05, 0) is 43.5 Å². The van der Waals surface area contributed by atoms with Crippen molar-refractivity contribution in [2.75, 3.05) is 18.6 Å².